The Bertz CT molecular complexity index is 390. The van der Waals surface area contributed by atoms with Crippen LogP contribution in [0.15, 0.2) is 18.2 Å². The quantitative estimate of drug-likeness (QED) is 0.543. The molecule has 2 rings (SSSR count). The van der Waals surface area contributed by atoms with Crippen molar-refractivity contribution in [1.29, 1.82) is 0 Å². The molecule has 0 heterocycles. The van der Waals surface area contributed by atoms with Crippen molar-refractivity contribution in [2.75, 3.05) is 0 Å². The summed E-state index contributed by atoms with van der Waals surface area (Å²) in [5, 5.41) is 0. The van der Waals surface area contributed by atoms with Crippen molar-refractivity contribution < 1.29 is 4.79 Å². The van der Waals surface area contributed by atoms with Gasteiger partial charge in [0.15, 0.2) is 5.78 Å². The molecule has 0 fully saturated rings. The van der Waals surface area contributed by atoms with Gasteiger partial charge < -0.3 is 0 Å². The molecular formula is C15H20O. The summed E-state index contributed by atoms with van der Waals surface area (Å²) in [7, 11) is 0. The summed E-state index contributed by atoms with van der Waals surface area (Å²) in [6.07, 6.45) is 6.22. The van der Waals surface area contributed by atoms with E-state index >= 15 is 0 Å². The van der Waals surface area contributed by atoms with E-state index in [1.54, 1.807) is 0 Å². The first-order valence-electron chi connectivity index (χ1n) is 6.34. The summed E-state index contributed by atoms with van der Waals surface area (Å²) in [4.78, 5) is 11.9. The van der Waals surface area contributed by atoms with Gasteiger partial charge in [0.05, 0.1) is 0 Å². The van der Waals surface area contributed by atoms with Crippen molar-refractivity contribution in [2.45, 2.75) is 46.0 Å². The van der Waals surface area contributed by atoms with Crippen molar-refractivity contribution in [3.63, 3.8) is 0 Å². The smallest absolute Gasteiger partial charge is 0.165 e. The van der Waals surface area contributed by atoms with Crippen molar-refractivity contribution in [3.8, 4) is 0 Å². The standard InChI is InChI=1S/C15H20O/c1-11(2)15(16)14-9-8-12-6-4-3-5-7-13(12)10-14/h8-11H,3-7H2,1-2H3. The van der Waals surface area contributed by atoms with Gasteiger partial charge in [-0.15, -0.1) is 0 Å². The van der Waals surface area contributed by atoms with Crippen molar-refractivity contribution in [1.82, 2.24) is 0 Å². The molecule has 0 aliphatic heterocycles. The highest BCUT2D eigenvalue weighted by Crippen LogP contribution is 2.22. The highest BCUT2D eigenvalue weighted by molar-refractivity contribution is 5.97. The summed E-state index contributed by atoms with van der Waals surface area (Å²) in [6, 6.07) is 6.30. The first-order chi connectivity index (χ1) is 7.68. The molecule has 0 saturated carbocycles. The summed E-state index contributed by atoms with van der Waals surface area (Å²) >= 11 is 0. The van der Waals surface area contributed by atoms with Crippen LogP contribution in [0.2, 0.25) is 0 Å². The number of rotatable bonds is 2. The van der Waals surface area contributed by atoms with Crippen LogP contribution in [0.4, 0.5) is 0 Å². The molecule has 0 radical (unpaired) electrons. The molecule has 1 heteroatoms. The lowest BCUT2D eigenvalue weighted by Crippen LogP contribution is -2.08. The van der Waals surface area contributed by atoms with Gasteiger partial charge >= 0.3 is 0 Å². The van der Waals surface area contributed by atoms with Crippen LogP contribution in [0.3, 0.4) is 0 Å². The highest BCUT2D eigenvalue weighted by atomic mass is 16.1. The van der Waals surface area contributed by atoms with Crippen LogP contribution in [0.5, 0.6) is 0 Å². The van der Waals surface area contributed by atoms with E-state index in [0.29, 0.717) is 0 Å². The van der Waals surface area contributed by atoms with E-state index in [0.717, 1.165) is 12.0 Å². The molecule has 0 bridgehead atoms. The first kappa shape index (κ1) is 11.4. The second-order valence-corrected chi connectivity index (χ2v) is 5.06. The maximum absolute atomic E-state index is 11.9. The molecule has 0 atom stereocenters. The number of hydrogen-bond donors (Lipinski definition) is 0. The topological polar surface area (TPSA) is 17.1 Å². The average Bonchev–Trinajstić information content (AvgIpc) is 2.51. The predicted octanol–water partition coefficient (Wildman–Crippen LogP) is 3.79. The van der Waals surface area contributed by atoms with E-state index in [9.17, 15) is 4.79 Å². The van der Waals surface area contributed by atoms with Gasteiger partial charge in [-0.2, -0.15) is 0 Å². The Morgan fingerprint density at radius 3 is 2.44 bits per heavy atom. The summed E-state index contributed by atoms with van der Waals surface area (Å²) in [6.45, 7) is 3.93. The zero-order valence-corrected chi connectivity index (χ0v) is 10.3. The Balaban J connectivity index is 2.30. The molecule has 1 aliphatic carbocycles. The van der Waals surface area contributed by atoms with Crippen LogP contribution in [0.25, 0.3) is 0 Å². The highest BCUT2D eigenvalue weighted by Gasteiger charge is 2.14. The number of carbonyl (C=O) groups excluding carboxylic acids is 1. The van der Waals surface area contributed by atoms with Gasteiger partial charge in [0.25, 0.3) is 0 Å². The van der Waals surface area contributed by atoms with Crippen LogP contribution >= 0.6 is 0 Å². The largest absolute Gasteiger partial charge is 0.294 e. The number of ketones is 1. The molecule has 1 aromatic carbocycles. The van der Waals surface area contributed by atoms with Crippen LogP contribution in [-0.2, 0) is 12.8 Å². The molecule has 86 valence electrons. The molecule has 0 N–H and O–H groups in total. The van der Waals surface area contributed by atoms with Gasteiger partial charge in [-0.3, -0.25) is 4.79 Å². The number of benzene rings is 1. The lowest BCUT2D eigenvalue weighted by molar-refractivity contribution is 0.0939. The van der Waals surface area contributed by atoms with Crippen LogP contribution in [0.1, 0.15) is 54.6 Å². The minimum Gasteiger partial charge on any atom is -0.294 e. The molecule has 16 heavy (non-hydrogen) atoms. The Morgan fingerprint density at radius 1 is 1.06 bits per heavy atom. The van der Waals surface area contributed by atoms with E-state index in [4.69, 9.17) is 0 Å². The Kier molecular flexibility index (Phi) is 3.42. The summed E-state index contributed by atoms with van der Waals surface area (Å²) in [5.74, 6) is 0.371. The fraction of sp³-hybridized carbons (Fsp3) is 0.533. The molecule has 0 unspecified atom stereocenters. The third kappa shape index (κ3) is 2.34. The average molecular weight is 216 g/mol. The molecule has 0 spiro atoms. The number of carbonyl (C=O) groups is 1. The second-order valence-electron chi connectivity index (χ2n) is 5.06. The first-order valence-corrected chi connectivity index (χ1v) is 6.34. The zero-order valence-electron chi connectivity index (χ0n) is 10.3. The van der Waals surface area contributed by atoms with Gasteiger partial charge in [0.1, 0.15) is 0 Å². The number of Topliss-reactive ketones (excluding diaryl/α,β-unsaturated/α-hetero) is 1. The lowest BCUT2D eigenvalue weighted by atomic mass is 9.95. The SMILES string of the molecule is CC(C)C(=O)c1ccc2c(c1)CCCCC2. The van der Waals surface area contributed by atoms with Crippen molar-refractivity contribution >= 4 is 5.78 Å². The maximum Gasteiger partial charge on any atom is 0.165 e. The van der Waals surface area contributed by atoms with Crippen molar-refractivity contribution in [3.05, 3.63) is 34.9 Å². The van der Waals surface area contributed by atoms with E-state index < -0.39 is 0 Å². The molecule has 0 aromatic heterocycles. The normalized spacial score (nSPS) is 15.7. The molecule has 1 aromatic rings. The Morgan fingerprint density at radius 2 is 1.75 bits per heavy atom. The van der Waals surface area contributed by atoms with Crippen molar-refractivity contribution in [2.24, 2.45) is 5.92 Å². The lowest BCUT2D eigenvalue weighted by Gasteiger charge is -2.09. The molecule has 1 aliphatic rings. The number of hydrogen-bond acceptors (Lipinski definition) is 1. The summed E-state index contributed by atoms with van der Waals surface area (Å²) in [5.41, 5.74) is 3.76. The van der Waals surface area contributed by atoms with Gasteiger partial charge in [-0.25, -0.2) is 0 Å². The van der Waals surface area contributed by atoms with E-state index in [1.807, 2.05) is 19.9 Å². The Hall–Kier alpha value is -1.11. The second kappa shape index (κ2) is 4.82. The minimum atomic E-state index is 0.101. The van der Waals surface area contributed by atoms with Crippen LogP contribution in [-0.4, -0.2) is 5.78 Å². The van der Waals surface area contributed by atoms with E-state index in [2.05, 4.69) is 12.1 Å². The zero-order chi connectivity index (χ0) is 11.5. The molecular weight excluding hydrogens is 196 g/mol. The number of fused-ring (bicyclic) bond motifs is 1. The van der Waals surface area contributed by atoms with Gasteiger partial charge in [0.2, 0.25) is 0 Å². The molecule has 1 nitrogen and oxygen atoms in total. The van der Waals surface area contributed by atoms with Gasteiger partial charge in [-0.05, 0) is 42.9 Å². The van der Waals surface area contributed by atoms with Crippen LogP contribution in [0, 0.1) is 5.92 Å². The van der Waals surface area contributed by atoms with E-state index in [1.165, 1.54) is 36.8 Å². The summed E-state index contributed by atoms with van der Waals surface area (Å²) < 4.78 is 0. The molecule has 0 amide bonds. The van der Waals surface area contributed by atoms with Gasteiger partial charge in [-0.1, -0.05) is 32.4 Å². The van der Waals surface area contributed by atoms with Crippen LogP contribution < -0.4 is 0 Å². The fourth-order valence-corrected chi connectivity index (χ4v) is 2.40. The minimum absolute atomic E-state index is 0.101. The van der Waals surface area contributed by atoms with Gasteiger partial charge in [0, 0.05) is 11.5 Å². The fourth-order valence-electron chi connectivity index (χ4n) is 2.40. The maximum atomic E-state index is 11.9. The predicted molar refractivity (Wildman–Crippen MR) is 66.9 cm³/mol. The monoisotopic (exact) mass is 216 g/mol. The number of aryl methyl sites for hydroxylation is 2. The molecule has 0 saturated heterocycles. The Labute approximate surface area is 97.9 Å². The van der Waals surface area contributed by atoms with E-state index in [-0.39, 0.29) is 11.7 Å². The third-order valence-electron chi connectivity index (χ3n) is 3.41. The third-order valence-corrected chi connectivity index (χ3v) is 3.41.